The lowest BCUT2D eigenvalue weighted by molar-refractivity contribution is -0.00824. The van der Waals surface area contributed by atoms with Gasteiger partial charge < -0.3 is 5.73 Å². The summed E-state index contributed by atoms with van der Waals surface area (Å²) in [5.74, 6) is 0.367. The Kier molecular flexibility index (Phi) is 2.68. The topological polar surface area (TPSA) is 29.3 Å². The van der Waals surface area contributed by atoms with Gasteiger partial charge in [0.05, 0.1) is 6.54 Å². The number of rotatable bonds is 3. The van der Waals surface area contributed by atoms with E-state index in [4.69, 9.17) is 5.73 Å². The number of hydrogen-bond acceptors (Lipinski definition) is 2. The predicted octanol–water partition coefficient (Wildman–Crippen LogP) is 0.921. The summed E-state index contributed by atoms with van der Waals surface area (Å²) in [7, 11) is 0. The van der Waals surface area contributed by atoms with Crippen molar-refractivity contribution in [1.82, 2.24) is 4.90 Å². The zero-order valence-electron chi connectivity index (χ0n) is 7.56. The van der Waals surface area contributed by atoms with Crippen LogP contribution in [0.5, 0.6) is 0 Å². The van der Waals surface area contributed by atoms with Crippen molar-refractivity contribution in [3.8, 4) is 0 Å². The highest BCUT2D eigenvalue weighted by molar-refractivity contribution is 5.01. The molecule has 72 valence electrons. The Labute approximate surface area is 71.7 Å². The Bertz CT molecular complexity index is 153. The summed E-state index contributed by atoms with van der Waals surface area (Å²) in [4.78, 5) is 1.70. The molecule has 0 aromatic carbocycles. The quantitative estimate of drug-likeness (QED) is 0.696. The van der Waals surface area contributed by atoms with Gasteiger partial charge in [-0.2, -0.15) is 0 Å². The summed E-state index contributed by atoms with van der Waals surface area (Å²) in [5, 5.41) is 0. The van der Waals surface area contributed by atoms with E-state index in [1.54, 1.807) is 4.90 Å². The van der Waals surface area contributed by atoms with Gasteiger partial charge in [0.1, 0.15) is 0 Å². The van der Waals surface area contributed by atoms with E-state index in [1.807, 2.05) is 13.8 Å². The van der Waals surface area contributed by atoms with Gasteiger partial charge in [-0.25, -0.2) is 8.78 Å². The fraction of sp³-hybridized carbons (Fsp3) is 1.00. The SMILES string of the molecule is CC(C)C1(N)CN(CC(F)F)C1. The minimum atomic E-state index is -2.23. The highest BCUT2D eigenvalue weighted by atomic mass is 19.3. The summed E-state index contributed by atoms with van der Waals surface area (Å²) in [5.41, 5.74) is 5.70. The zero-order valence-corrected chi connectivity index (χ0v) is 7.56. The maximum atomic E-state index is 11.9. The summed E-state index contributed by atoms with van der Waals surface area (Å²) >= 11 is 0. The van der Waals surface area contributed by atoms with E-state index in [0.29, 0.717) is 19.0 Å². The molecule has 0 unspecified atom stereocenters. The van der Waals surface area contributed by atoms with Gasteiger partial charge in [-0.1, -0.05) is 13.8 Å². The molecule has 2 N–H and O–H groups in total. The van der Waals surface area contributed by atoms with Crippen molar-refractivity contribution in [2.24, 2.45) is 11.7 Å². The smallest absolute Gasteiger partial charge is 0.251 e. The van der Waals surface area contributed by atoms with E-state index in [1.165, 1.54) is 0 Å². The van der Waals surface area contributed by atoms with E-state index in [2.05, 4.69) is 0 Å². The number of nitrogens with zero attached hydrogens (tertiary/aromatic N) is 1. The van der Waals surface area contributed by atoms with Crippen LogP contribution < -0.4 is 5.73 Å². The van der Waals surface area contributed by atoms with E-state index < -0.39 is 6.43 Å². The van der Waals surface area contributed by atoms with Crippen molar-refractivity contribution in [3.05, 3.63) is 0 Å². The van der Waals surface area contributed by atoms with Gasteiger partial charge in [-0.15, -0.1) is 0 Å². The normalized spacial score (nSPS) is 23.2. The molecule has 0 radical (unpaired) electrons. The molecule has 2 nitrogen and oxygen atoms in total. The van der Waals surface area contributed by atoms with E-state index in [9.17, 15) is 8.78 Å². The molecule has 4 heteroatoms. The summed E-state index contributed by atoms with van der Waals surface area (Å²) in [6.45, 7) is 5.13. The van der Waals surface area contributed by atoms with Crippen LogP contribution in [0.2, 0.25) is 0 Å². The molecule has 0 aromatic heterocycles. The van der Waals surface area contributed by atoms with Crippen LogP contribution in [0.25, 0.3) is 0 Å². The molecule has 1 aliphatic heterocycles. The molecule has 1 aliphatic rings. The molecule has 0 amide bonds. The van der Waals surface area contributed by atoms with Gasteiger partial charge in [-0.3, -0.25) is 4.90 Å². The average Bonchev–Trinajstić information content (AvgIpc) is 1.82. The van der Waals surface area contributed by atoms with Gasteiger partial charge in [0.15, 0.2) is 0 Å². The molecular formula is C8H16F2N2. The summed E-state index contributed by atoms with van der Waals surface area (Å²) in [6, 6.07) is 0. The molecule has 1 fully saturated rings. The average molecular weight is 178 g/mol. The van der Waals surface area contributed by atoms with Gasteiger partial charge in [0.25, 0.3) is 6.43 Å². The Balaban J connectivity index is 2.27. The van der Waals surface area contributed by atoms with Gasteiger partial charge in [0.2, 0.25) is 0 Å². The van der Waals surface area contributed by atoms with E-state index >= 15 is 0 Å². The van der Waals surface area contributed by atoms with Crippen molar-refractivity contribution in [1.29, 1.82) is 0 Å². The fourth-order valence-corrected chi connectivity index (χ4v) is 1.48. The Morgan fingerprint density at radius 1 is 1.42 bits per heavy atom. The Morgan fingerprint density at radius 3 is 2.25 bits per heavy atom. The first-order chi connectivity index (χ1) is 5.44. The highest BCUT2D eigenvalue weighted by Crippen LogP contribution is 2.26. The lowest BCUT2D eigenvalue weighted by Crippen LogP contribution is -2.70. The number of nitrogens with two attached hydrogens (primary N) is 1. The number of likely N-dealkylation sites (tertiary alicyclic amines) is 1. The third-order valence-electron chi connectivity index (χ3n) is 2.58. The molecular weight excluding hydrogens is 162 g/mol. The maximum absolute atomic E-state index is 11.9. The van der Waals surface area contributed by atoms with Crippen LogP contribution in [0.3, 0.4) is 0 Å². The van der Waals surface area contributed by atoms with Crippen molar-refractivity contribution >= 4 is 0 Å². The van der Waals surface area contributed by atoms with Gasteiger partial charge in [0, 0.05) is 18.6 Å². The third-order valence-corrected chi connectivity index (χ3v) is 2.58. The summed E-state index contributed by atoms with van der Waals surface area (Å²) in [6.07, 6.45) is -2.23. The van der Waals surface area contributed by atoms with Crippen LogP contribution in [0.4, 0.5) is 8.78 Å². The van der Waals surface area contributed by atoms with Gasteiger partial charge in [-0.05, 0) is 5.92 Å². The number of hydrogen-bond donors (Lipinski definition) is 1. The third kappa shape index (κ3) is 1.93. The second-order valence-corrected chi connectivity index (χ2v) is 3.95. The predicted molar refractivity (Wildman–Crippen MR) is 44.2 cm³/mol. The Morgan fingerprint density at radius 2 is 1.92 bits per heavy atom. The molecule has 0 spiro atoms. The molecule has 0 aliphatic carbocycles. The standard InChI is InChI=1S/C8H16F2N2/c1-6(2)8(11)4-12(5-8)3-7(9)10/h6-7H,3-5,11H2,1-2H3. The van der Waals surface area contributed by atoms with Crippen LogP contribution in [-0.2, 0) is 0 Å². The van der Waals surface area contributed by atoms with Crippen LogP contribution in [0.1, 0.15) is 13.8 Å². The zero-order chi connectivity index (χ0) is 9.35. The maximum Gasteiger partial charge on any atom is 0.251 e. The molecule has 1 heterocycles. The first-order valence-electron chi connectivity index (χ1n) is 4.23. The molecule has 0 saturated carbocycles. The van der Waals surface area contributed by atoms with Crippen LogP contribution in [-0.4, -0.2) is 36.5 Å². The van der Waals surface area contributed by atoms with E-state index in [-0.39, 0.29) is 12.1 Å². The first-order valence-corrected chi connectivity index (χ1v) is 4.23. The van der Waals surface area contributed by atoms with Crippen molar-refractivity contribution < 1.29 is 8.78 Å². The Hall–Kier alpha value is -0.220. The lowest BCUT2D eigenvalue weighted by Gasteiger charge is -2.50. The van der Waals surface area contributed by atoms with Crippen LogP contribution >= 0.6 is 0 Å². The highest BCUT2D eigenvalue weighted by Gasteiger charge is 2.42. The van der Waals surface area contributed by atoms with Crippen LogP contribution in [0, 0.1) is 5.92 Å². The largest absolute Gasteiger partial charge is 0.323 e. The molecule has 1 saturated heterocycles. The van der Waals surface area contributed by atoms with Crippen molar-refractivity contribution in [2.45, 2.75) is 25.8 Å². The molecule has 0 aromatic rings. The van der Waals surface area contributed by atoms with Crippen LogP contribution in [0.15, 0.2) is 0 Å². The first kappa shape index (κ1) is 9.86. The minimum Gasteiger partial charge on any atom is -0.323 e. The molecule has 12 heavy (non-hydrogen) atoms. The minimum absolute atomic E-state index is 0.133. The number of alkyl halides is 2. The van der Waals surface area contributed by atoms with Crippen molar-refractivity contribution in [3.63, 3.8) is 0 Å². The van der Waals surface area contributed by atoms with Crippen molar-refractivity contribution in [2.75, 3.05) is 19.6 Å². The molecule has 0 bridgehead atoms. The van der Waals surface area contributed by atoms with Gasteiger partial charge >= 0.3 is 0 Å². The monoisotopic (exact) mass is 178 g/mol. The molecule has 0 atom stereocenters. The summed E-state index contributed by atoms with van der Waals surface area (Å²) < 4.78 is 23.8. The second kappa shape index (κ2) is 3.26. The second-order valence-electron chi connectivity index (χ2n) is 3.95. The molecule has 1 rings (SSSR count). The fourth-order valence-electron chi connectivity index (χ4n) is 1.48. The lowest BCUT2D eigenvalue weighted by atomic mass is 9.80. The van der Waals surface area contributed by atoms with E-state index in [0.717, 1.165) is 0 Å². The number of halogens is 2.